The molecule has 1 saturated carbocycles. The van der Waals surface area contributed by atoms with Crippen molar-refractivity contribution in [3.63, 3.8) is 0 Å². The summed E-state index contributed by atoms with van der Waals surface area (Å²) in [6, 6.07) is 0. The zero-order valence-electron chi connectivity index (χ0n) is 7.73. The number of hydrogen-bond acceptors (Lipinski definition) is 1. The Morgan fingerprint density at radius 1 is 1.15 bits per heavy atom. The quantitative estimate of drug-likeness (QED) is 0.656. The summed E-state index contributed by atoms with van der Waals surface area (Å²) >= 11 is 0. The van der Waals surface area contributed by atoms with Crippen molar-refractivity contribution in [3.8, 4) is 0 Å². The van der Waals surface area contributed by atoms with E-state index in [1.54, 1.807) is 0 Å². The third-order valence-corrected chi connectivity index (χ3v) is 2.67. The van der Waals surface area contributed by atoms with Crippen LogP contribution >= 0.6 is 0 Å². The first-order valence-corrected chi connectivity index (χ1v) is 4.76. The Morgan fingerprint density at radius 2 is 1.69 bits per heavy atom. The van der Waals surface area contributed by atoms with Crippen molar-refractivity contribution in [1.29, 1.82) is 0 Å². The Bertz CT molecular complexity index is 147. The van der Waals surface area contributed by atoms with Crippen LogP contribution in [0.25, 0.3) is 0 Å². The minimum absolute atomic E-state index is 0.554. The van der Waals surface area contributed by atoms with E-state index in [0.29, 0.717) is 18.8 Å². The summed E-state index contributed by atoms with van der Waals surface area (Å²) in [5, 5.41) is 0. The number of halogens is 3. The fourth-order valence-electron chi connectivity index (χ4n) is 1.85. The predicted molar refractivity (Wildman–Crippen MR) is 43.2 cm³/mol. The molecule has 0 amide bonds. The van der Waals surface area contributed by atoms with Crippen molar-refractivity contribution in [2.24, 2.45) is 5.92 Å². The SMILES string of the molecule is CC[C@H]1CC[C@@H](OC(F)(F)F)CC1. The summed E-state index contributed by atoms with van der Waals surface area (Å²) in [7, 11) is 0. The lowest BCUT2D eigenvalue weighted by Gasteiger charge is -2.28. The van der Waals surface area contributed by atoms with Gasteiger partial charge in [-0.2, -0.15) is 0 Å². The van der Waals surface area contributed by atoms with Crippen molar-refractivity contribution in [3.05, 3.63) is 0 Å². The van der Waals surface area contributed by atoms with Crippen molar-refractivity contribution in [2.75, 3.05) is 0 Å². The summed E-state index contributed by atoms with van der Waals surface area (Å²) in [6.45, 7) is 2.08. The van der Waals surface area contributed by atoms with Gasteiger partial charge in [0.15, 0.2) is 0 Å². The molecule has 13 heavy (non-hydrogen) atoms. The molecular formula is C9H15F3O. The van der Waals surface area contributed by atoms with Crippen LogP contribution in [0.15, 0.2) is 0 Å². The minimum atomic E-state index is -4.45. The highest BCUT2D eigenvalue weighted by Crippen LogP contribution is 2.31. The van der Waals surface area contributed by atoms with E-state index in [-0.39, 0.29) is 0 Å². The lowest BCUT2D eigenvalue weighted by Crippen LogP contribution is -2.28. The Hall–Kier alpha value is -0.250. The second-order valence-corrected chi connectivity index (χ2v) is 3.61. The standard InChI is InChI=1S/C9H15F3O/c1-2-7-3-5-8(6-4-7)13-9(10,11)12/h7-8H,2-6H2,1H3/t7-,8+. The van der Waals surface area contributed by atoms with Crippen molar-refractivity contribution in [1.82, 2.24) is 0 Å². The smallest absolute Gasteiger partial charge is 0.289 e. The molecule has 0 heterocycles. The van der Waals surface area contributed by atoms with Crippen LogP contribution in [0.5, 0.6) is 0 Å². The maximum Gasteiger partial charge on any atom is 0.522 e. The van der Waals surface area contributed by atoms with Crippen LogP contribution in [0.2, 0.25) is 0 Å². The normalized spacial score (nSPS) is 30.5. The second-order valence-electron chi connectivity index (χ2n) is 3.61. The minimum Gasteiger partial charge on any atom is -0.289 e. The lowest BCUT2D eigenvalue weighted by atomic mass is 9.86. The van der Waals surface area contributed by atoms with Gasteiger partial charge in [-0.15, -0.1) is 13.2 Å². The van der Waals surface area contributed by atoms with E-state index in [1.807, 2.05) is 0 Å². The first kappa shape index (κ1) is 10.8. The molecule has 1 aliphatic rings. The van der Waals surface area contributed by atoms with Crippen molar-refractivity contribution < 1.29 is 17.9 Å². The Morgan fingerprint density at radius 3 is 2.08 bits per heavy atom. The molecular weight excluding hydrogens is 181 g/mol. The van der Waals surface area contributed by atoms with Gasteiger partial charge in [-0.25, -0.2) is 0 Å². The molecule has 0 spiro atoms. The summed E-state index contributed by atoms with van der Waals surface area (Å²) < 4.78 is 39.4. The first-order valence-electron chi connectivity index (χ1n) is 4.76. The van der Waals surface area contributed by atoms with E-state index in [2.05, 4.69) is 11.7 Å². The lowest BCUT2D eigenvalue weighted by molar-refractivity contribution is -0.345. The molecule has 0 atom stereocenters. The maximum absolute atomic E-state index is 11.8. The molecule has 1 aliphatic carbocycles. The summed E-state index contributed by atoms with van der Waals surface area (Å²) in [5.74, 6) is 0.605. The molecule has 0 aromatic rings. The van der Waals surface area contributed by atoms with E-state index < -0.39 is 12.5 Å². The van der Waals surface area contributed by atoms with Crippen LogP contribution < -0.4 is 0 Å². The van der Waals surface area contributed by atoms with Crippen molar-refractivity contribution >= 4 is 0 Å². The fourth-order valence-corrected chi connectivity index (χ4v) is 1.85. The van der Waals surface area contributed by atoms with E-state index >= 15 is 0 Å². The Balaban J connectivity index is 2.25. The van der Waals surface area contributed by atoms with E-state index in [1.165, 1.54) is 0 Å². The first-order chi connectivity index (χ1) is 6.01. The molecule has 0 saturated heterocycles. The molecule has 0 aromatic heterocycles. The van der Waals surface area contributed by atoms with Gasteiger partial charge >= 0.3 is 6.36 Å². The van der Waals surface area contributed by atoms with E-state index in [0.717, 1.165) is 19.3 Å². The van der Waals surface area contributed by atoms with Gasteiger partial charge in [-0.1, -0.05) is 13.3 Å². The molecule has 0 aromatic carbocycles. The molecule has 0 aliphatic heterocycles. The van der Waals surface area contributed by atoms with E-state index in [4.69, 9.17) is 0 Å². The third kappa shape index (κ3) is 3.98. The van der Waals surface area contributed by atoms with Gasteiger partial charge in [0.1, 0.15) is 0 Å². The van der Waals surface area contributed by atoms with Gasteiger partial charge in [0.25, 0.3) is 0 Å². The Labute approximate surface area is 76.3 Å². The van der Waals surface area contributed by atoms with Crippen molar-refractivity contribution in [2.45, 2.75) is 51.5 Å². The number of alkyl halides is 3. The average Bonchev–Trinajstić information content (AvgIpc) is 2.03. The number of hydrogen-bond donors (Lipinski definition) is 0. The number of ether oxygens (including phenoxy) is 1. The summed E-state index contributed by atoms with van der Waals surface area (Å²) in [5.41, 5.74) is 0. The van der Waals surface area contributed by atoms with Crippen LogP contribution in [0.3, 0.4) is 0 Å². The topological polar surface area (TPSA) is 9.23 Å². The molecule has 0 bridgehead atoms. The molecule has 1 fully saturated rings. The van der Waals surface area contributed by atoms with Gasteiger partial charge in [0.05, 0.1) is 6.10 Å². The van der Waals surface area contributed by atoms with Crippen LogP contribution in [0.1, 0.15) is 39.0 Å². The Kier molecular flexibility index (Phi) is 3.59. The summed E-state index contributed by atoms with van der Waals surface area (Å²) in [6.07, 6.45) is -1.13. The van der Waals surface area contributed by atoms with Crippen LogP contribution in [0, 0.1) is 5.92 Å². The molecule has 1 nitrogen and oxygen atoms in total. The highest BCUT2D eigenvalue weighted by Gasteiger charge is 2.34. The second kappa shape index (κ2) is 4.31. The largest absolute Gasteiger partial charge is 0.522 e. The summed E-state index contributed by atoms with van der Waals surface area (Å²) in [4.78, 5) is 0. The zero-order valence-corrected chi connectivity index (χ0v) is 7.73. The predicted octanol–water partition coefficient (Wildman–Crippen LogP) is 3.49. The van der Waals surface area contributed by atoms with Crippen LogP contribution in [-0.2, 0) is 4.74 Å². The van der Waals surface area contributed by atoms with Gasteiger partial charge in [-0.3, -0.25) is 4.74 Å². The molecule has 1 rings (SSSR count). The van der Waals surface area contributed by atoms with Gasteiger partial charge in [0.2, 0.25) is 0 Å². The molecule has 78 valence electrons. The third-order valence-electron chi connectivity index (χ3n) is 2.67. The fraction of sp³-hybridized carbons (Fsp3) is 1.00. The molecule has 0 radical (unpaired) electrons. The van der Waals surface area contributed by atoms with Gasteiger partial charge < -0.3 is 0 Å². The monoisotopic (exact) mass is 196 g/mol. The zero-order chi connectivity index (χ0) is 9.90. The highest BCUT2D eigenvalue weighted by molar-refractivity contribution is 4.72. The van der Waals surface area contributed by atoms with Crippen LogP contribution in [0.4, 0.5) is 13.2 Å². The molecule has 4 heteroatoms. The number of rotatable bonds is 2. The van der Waals surface area contributed by atoms with E-state index in [9.17, 15) is 13.2 Å². The molecule has 0 N–H and O–H groups in total. The maximum atomic E-state index is 11.8. The highest BCUT2D eigenvalue weighted by atomic mass is 19.4. The van der Waals surface area contributed by atoms with Gasteiger partial charge in [-0.05, 0) is 31.6 Å². The van der Waals surface area contributed by atoms with Gasteiger partial charge in [0, 0.05) is 0 Å². The van der Waals surface area contributed by atoms with Crippen LogP contribution in [-0.4, -0.2) is 12.5 Å². The average molecular weight is 196 g/mol. The molecule has 0 unspecified atom stereocenters.